The summed E-state index contributed by atoms with van der Waals surface area (Å²) in [5.41, 5.74) is 0.858. The van der Waals surface area contributed by atoms with Crippen LogP contribution in [0, 0.1) is 6.92 Å². The number of rotatable bonds is 2. The molecule has 1 rings (SSSR count). The van der Waals surface area contributed by atoms with E-state index in [1.165, 1.54) is 6.07 Å². The van der Waals surface area contributed by atoms with Gasteiger partial charge in [-0.05, 0) is 28.9 Å². The minimum absolute atomic E-state index is 0.0566. The van der Waals surface area contributed by atoms with Gasteiger partial charge in [0, 0.05) is 16.8 Å². The monoisotopic (exact) mass is 269 g/mol. The molecule has 0 amide bonds. The Morgan fingerprint density at radius 2 is 2.23 bits per heavy atom. The highest BCUT2D eigenvalue weighted by atomic mass is 79.9. The fourth-order valence-electron chi connectivity index (χ4n) is 0.950. The van der Waals surface area contributed by atoms with Crippen molar-refractivity contribution in [3.63, 3.8) is 0 Å². The Morgan fingerprint density at radius 1 is 1.62 bits per heavy atom. The minimum atomic E-state index is -2.50. The van der Waals surface area contributed by atoms with Crippen LogP contribution in [0.1, 0.15) is 23.2 Å². The largest absolute Gasteiger partial charge is 0.265 e. The number of aryl methyl sites for hydroxylation is 1. The average molecular weight is 271 g/mol. The molecular weight excluding hydrogens is 263 g/mol. The molecule has 0 N–H and O–H groups in total. The van der Waals surface area contributed by atoms with Gasteiger partial charge in [-0.25, -0.2) is 13.8 Å². The average Bonchev–Trinajstić information content (AvgIpc) is 2.03. The van der Waals surface area contributed by atoms with Gasteiger partial charge >= 0.3 is 0 Å². The van der Waals surface area contributed by atoms with Gasteiger partial charge in [0.15, 0.2) is 0 Å². The standard InChI is InChI=1S/C8H7BrClF2N/c1-4-6(8(11)12)2-5(3-10)7(9)13-4/h2,8H,3H2,1H3. The van der Waals surface area contributed by atoms with Crippen LogP contribution in [-0.2, 0) is 5.88 Å². The molecule has 13 heavy (non-hydrogen) atoms. The normalized spacial score (nSPS) is 10.9. The van der Waals surface area contributed by atoms with Crippen molar-refractivity contribution in [3.8, 4) is 0 Å². The Balaban J connectivity index is 3.22. The summed E-state index contributed by atoms with van der Waals surface area (Å²) in [6.07, 6.45) is -2.50. The van der Waals surface area contributed by atoms with E-state index in [9.17, 15) is 8.78 Å². The second-order valence-electron chi connectivity index (χ2n) is 2.55. The lowest BCUT2D eigenvalue weighted by atomic mass is 10.1. The van der Waals surface area contributed by atoms with Crippen LogP contribution in [0.3, 0.4) is 0 Å². The van der Waals surface area contributed by atoms with E-state index in [4.69, 9.17) is 11.6 Å². The van der Waals surface area contributed by atoms with E-state index in [1.54, 1.807) is 6.92 Å². The summed E-state index contributed by atoms with van der Waals surface area (Å²) < 4.78 is 25.3. The Labute approximate surface area is 88.2 Å². The van der Waals surface area contributed by atoms with Crippen molar-refractivity contribution in [1.29, 1.82) is 0 Å². The quantitative estimate of drug-likeness (QED) is 0.588. The van der Waals surface area contributed by atoms with Crippen LogP contribution in [0.15, 0.2) is 10.7 Å². The van der Waals surface area contributed by atoms with Crippen LogP contribution in [-0.4, -0.2) is 4.98 Å². The molecule has 1 nitrogen and oxygen atoms in total. The maximum atomic E-state index is 12.4. The highest BCUT2D eigenvalue weighted by Crippen LogP contribution is 2.26. The fraction of sp³-hybridized carbons (Fsp3) is 0.375. The van der Waals surface area contributed by atoms with Crippen molar-refractivity contribution in [2.75, 3.05) is 0 Å². The van der Waals surface area contributed by atoms with Gasteiger partial charge in [0.2, 0.25) is 0 Å². The highest BCUT2D eigenvalue weighted by Gasteiger charge is 2.14. The maximum Gasteiger partial charge on any atom is 0.265 e. The van der Waals surface area contributed by atoms with Gasteiger partial charge < -0.3 is 0 Å². The maximum absolute atomic E-state index is 12.4. The van der Waals surface area contributed by atoms with Crippen molar-refractivity contribution in [1.82, 2.24) is 4.98 Å². The van der Waals surface area contributed by atoms with Crippen molar-refractivity contribution in [3.05, 3.63) is 27.5 Å². The summed E-state index contributed by atoms with van der Waals surface area (Å²) in [5, 5.41) is 0. The molecule has 0 fully saturated rings. The van der Waals surface area contributed by atoms with Gasteiger partial charge in [-0.2, -0.15) is 0 Å². The number of nitrogens with zero attached hydrogens (tertiary/aromatic N) is 1. The molecule has 1 aromatic rings. The molecule has 72 valence electrons. The number of halogens is 4. The van der Waals surface area contributed by atoms with E-state index in [2.05, 4.69) is 20.9 Å². The van der Waals surface area contributed by atoms with E-state index in [-0.39, 0.29) is 11.4 Å². The Hall–Kier alpha value is -0.220. The lowest BCUT2D eigenvalue weighted by Gasteiger charge is -2.07. The smallest absolute Gasteiger partial charge is 0.245 e. The van der Waals surface area contributed by atoms with Crippen molar-refractivity contribution in [2.24, 2.45) is 0 Å². The molecule has 0 atom stereocenters. The van der Waals surface area contributed by atoms with E-state index < -0.39 is 6.43 Å². The van der Waals surface area contributed by atoms with Crippen LogP contribution < -0.4 is 0 Å². The van der Waals surface area contributed by atoms with Gasteiger partial charge in [-0.3, -0.25) is 0 Å². The Bertz CT molecular complexity index is 317. The molecule has 0 saturated carbocycles. The van der Waals surface area contributed by atoms with Gasteiger partial charge in [-0.1, -0.05) is 0 Å². The summed E-state index contributed by atoms with van der Waals surface area (Å²) in [5.74, 6) is 0.174. The fourth-order valence-corrected chi connectivity index (χ4v) is 1.84. The first-order chi connectivity index (χ1) is 6.06. The molecule has 0 saturated heterocycles. The highest BCUT2D eigenvalue weighted by molar-refractivity contribution is 9.10. The molecule has 0 radical (unpaired) electrons. The Morgan fingerprint density at radius 3 is 2.69 bits per heavy atom. The number of aromatic nitrogens is 1. The zero-order valence-corrected chi connectivity index (χ0v) is 9.16. The van der Waals surface area contributed by atoms with Crippen molar-refractivity contribution in [2.45, 2.75) is 19.2 Å². The van der Waals surface area contributed by atoms with Gasteiger partial charge in [0.25, 0.3) is 6.43 Å². The number of hydrogen-bond acceptors (Lipinski definition) is 1. The number of pyridine rings is 1. The third kappa shape index (κ3) is 2.38. The molecule has 0 aliphatic rings. The van der Waals surface area contributed by atoms with Gasteiger partial charge in [0.05, 0.1) is 5.88 Å². The first-order valence-electron chi connectivity index (χ1n) is 3.56. The minimum Gasteiger partial charge on any atom is -0.245 e. The molecule has 1 heterocycles. The lowest BCUT2D eigenvalue weighted by Crippen LogP contribution is -1.97. The zero-order chi connectivity index (χ0) is 10.0. The number of alkyl halides is 3. The first-order valence-corrected chi connectivity index (χ1v) is 4.89. The summed E-state index contributed by atoms with van der Waals surface area (Å²) >= 11 is 8.70. The van der Waals surface area contributed by atoms with E-state index in [0.29, 0.717) is 15.9 Å². The van der Waals surface area contributed by atoms with Crippen LogP contribution in [0.2, 0.25) is 0 Å². The summed E-state index contributed by atoms with van der Waals surface area (Å²) in [6, 6.07) is 1.38. The third-order valence-corrected chi connectivity index (χ3v) is 2.63. The third-order valence-electron chi connectivity index (χ3n) is 1.66. The molecule has 1 aromatic heterocycles. The molecule has 0 spiro atoms. The molecule has 0 aromatic carbocycles. The molecular formula is C8H7BrClF2N. The van der Waals surface area contributed by atoms with E-state index in [1.807, 2.05) is 0 Å². The predicted octanol–water partition coefficient (Wildman–Crippen LogP) is 3.83. The summed E-state index contributed by atoms with van der Waals surface area (Å²) in [4.78, 5) is 3.92. The first kappa shape index (κ1) is 10.9. The second-order valence-corrected chi connectivity index (χ2v) is 3.57. The van der Waals surface area contributed by atoms with Crippen LogP contribution in [0.25, 0.3) is 0 Å². The summed E-state index contributed by atoms with van der Waals surface area (Å²) in [6.45, 7) is 1.55. The van der Waals surface area contributed by atoms with E-state index in [0.717, 1.165) is 0 Å². The SMILES string of the molecule is Cc1nc(Br)c(CCl)cc1C(F)F. The van der Waals surface area contributed by atoms with Crippen molar-refractivity contribution < 1.29 is 8.78 Å². The summed E-state index contributed by atoms with van der Waals surface area (Å²) in [7, 11) is 0. The van der Waals surface area contributed by atoms with Crippen LogP contribution >= 0.6 is 27.5 Å². The predicted molar refractivity (Wildman–Crippen MR) is 51.2 cm³/mol. The molecule has 0 aliphatic carbocycles. The second kappa shape index (κ2) is 4.33. The van der Waals surface area contributed by atoms with E-state index >= 15 is 0 Å². The van der Waals surface area contributed by atoms with Crippen molar-refractivity contribution >= 4 is 27.5 Å². The topological polar surface area (TPSA) is 12.9 Å². The lowest BCUT2D eigenvalue weighted by molar-refractivity contribution is 0.150. The number of hydrogen-bond donors (Lipinski definition) is 0. The zero-order valence-electron chi connectivity index (χ0n) is 6.82. The molecule has 0 aliphatic heterocycles. The van der Waals surface area contributed by atoms with Gasteiger partial charge in [0.1, 0.15) is 4.60 Å². The van der Waals surface area contributed by atoms with Crippen LogP contribution in [0.5, 0.6) is 0 Å². The molecule has 0 unspecified atom stereocenters. The molecule has 0 bridgehead atoms. The van der Waals surface area contributed by atoms with Gasteiger partial charge in [-0.15, -0.1) is 11.6 Å². The molecule has 5 heteroatoms. The van der Waals surface area contributed by atoms with Crippen LogP contribution in [0.4, 0.5) is 8.78 Å². The Kier molecular flexibility index (Phi) is 3.62.